The minimum Gasteiger partial charge on any atom is -0.384 e. The molecule has 24 heavy (non-hydrogen) atoms. The molecule has 0 bridgehead atoms. The molecule has 124 valence electrons. The summed E-state index contributed by atoms with van der Waals surface area (Å²) in [6, 6.07) is 6.80. The Balaban J connectivity index is 2.14. The molecule has 1 aromatic heterocycles. The predicted octanol–water partition coefficient (Wildman–Crippen LogP) is 2.41. The van der Waals surface area contributed by atoms with Gasteiger partial charge in [-0.05, 0) is 46.5 Å². The molecule has 0 saturated carbocycles. The Bertz CT molecular complexity index is 918. The average Bonchev–Trinajstić information content (AvgIpc) is 2.81. The molecule has 0 aliphatic carbocycles. The molecule has 1 aliphatic heterocycles. The molecule has 0 atom stereocenters. The minimum absolute atomic E-state index is 0.0226. The Morgan fingerprint density at radius 1 is 1.17 bits per heavy atom. The molecule has 0 saturated heterocycles. The highest BCUT2D eigenvalue weighted by molar-refractivity contribution is 9.10. The molecule has 3 N–H and O–H groups in total. The van der Waals surface area contributed by atoms with E-state index in [4.69, 9.17) is 5.73 Å². The number of hydrogen-bond donors (Lipinski definition) is 2. The third-order valence-electron chi connectivity index (χ3n) is 4.03. The van der Waals surface area contributed by atoms with Gasteiger partial charge in [0.05, 0.1) is 16.8 Å². The van der Waals surface area contributed by atoms with Crippen molar-refractivity contribution in [1.82, 2.24) is 9.88 Å². The zero-order valence-corrected chi connectivity index (χ0v) is 14.6. The van der Waals surface area contributed by atoms with Crippen LogP contribution in [0.4, 0.5) is 5.82 Å². The van der Waals surface area contributed by atoms with Crippen LogP contribution < -0.4 is 16.6 Å². The van der Waals surface area contributed by atoms with Gasteiger partial charge in [-0.1, -0.05) is 19.4 Å². The van der Waals surface area contributed by atoms with Gasteiger partial charge in [-0.25, -0.2) is 0 Å². The van der Waals surface area contributed by atoms with E-state index in [0.29, 0.717) is 10.2 Å². The molecular weight excluding hydrogens is 374 g/mol. The molecule has 2 aromatic rings. The number of imide groups is 1. The van der Waals surface area contributed by atoms with Gasteiger partial charge in [0.25, 0.3) is 17.4 Å². The van der Waals surface area contributed by atoms with Crippen molar-refractivity contribution in [2.45, 2.75) is 26.2 Å². The van der Waals surface area contributed by atoms with Crippen LogP contribution in [0.1, 0.15) is 46.0 Å². The van der Waals surface area contributed by atoms with E-state index in [2.05, 4.69) is 28.2 Å². The highest BCUT2D eigenvalue weighted by Gasteiger charge is 2.32. The standard InChI is InChI=1S/C17H16BrN3O3/c1-2-3-4-9-5-6-12(11(18)7-9)21-13(22)8-10-14(15(21)19)17(24)20-16(10)23/h5-8H,2-4,19H2,1H3,(H,20,23,24). The van der Waals surface area contributed by atoms with Gasteiger partial charge in [0.1, 0.15) is 5.82 Å². The van der Waals surface area contributed by atoms with Crippen molar-refractivity contribution in [3.05, 3.63) is 55.8 Å². The van der Waals surface area contributed by atoms with Gasteiger partial charge in [0, 0.05) is 10.5 Å². The second-order valence-electron chi connectivity index (χ2n) is 5.66. The van der Waals surface area contributed by atoms with E-state index in [1.807, 2.05) is 12.1 Å². The molecule has 6 nitrogen and oxygen atoms in total. The highest BCUT2D eigenvalue weighted by Crippen LogP contribution is 2.27. The number of amides is 2. The number of carbonyl (C=O) groups is 2. The minimum atomic E-state index is -0.597. The van der Waals surface area contributed by atoms with E-state index in [0.717, 1.165) is 30.9 Å². The van der Waals surface area contributed by atoms with Gasteiger partial charge < -0.3 is 5.73 Å². The van der Waals surface area contributed by atoms with Gasteiger partial charge in [0.15, 0.2) is 0 Å². The second kappa shape index (κ2) is 6.24. The lowest BCUT2D eigenvalue weighted by molar-refractivity contribution is 0.0880. The summed E-state index contributed by atoms with van der Waals surface area (Å²) in [6.45, 7) is 2.13. The maximum atomic E-state index is 12.4. The van der Waals surface area contributed by atoms with Crippen molar-refractivity contribution in [1.29, 1.82) is 0 Å². The molecule has 2 heterocycles. The zero-order chi connectivity index (χ0) is 17.4. The fourth-order valence-electron chi connectivity index (χ4n) is 2.80. The number of unbranched alkanes of at least 4 members (excludes halogenated alkanes) is 1. The van der Waals surface area contributed by atoms with Crippen LogP contribution >= 0.6 is 15.9 Å². The third-order valence-corrected chi connectivity index (χ3v) is 4.66. The number of aromatic nitrogens is 1. The number of rotatable bonds is 4. The molecule has 0 fully saturated rings. The molecule has 0 unspecified atom stereocenters. The number of anilines is 1. The highest BCUT2D eigenvalue weighted by atomic mass is 79.9. The van der Waals surface area contributed by atoms with E-state index in [1.54, 1.807) is 6.07 Å². The van der Waals surface area contributed by atoms with Crippen molar-refractivity contribution in [3.63, 3.8) is 0 Å². The number of carbonyl (C=O) groups excluding carboxylic acids is 2. The van der Waals surface area contributed by atoms with Crippen LogP contribution in [0.5, 0.6) is 0 Å². The number of nitrogens with zero attached hydrogens (tertiary/aromatic N) is 1. The van der Waals surface area contributed by atoms with Gasteiger partial charge in [0.2, 0.25) is 0 Å². The first kappa shape index (κ1) is 16.4. The molecule has 7 heteroatoms. The summed E-state index contributed by atoms with van der Waals surface area (Å²) in [5.41, 5.74) is 7.32. The topological polar surface area (TPSA) is 94.2 Å². The van der Waals surface area contributed by atoms with Gasteiger partial charge in [-0.3, -0.25) is 24.3 Å². The molecule has 3 rings (SSSR count). The van der Waals surface area contributed by atoms with Crippen LogP contribution in [0.2, 0.25) is 0 Å². The first-order valence-corrected chi connectivity index (χ1v) is 8.43. The average molecular weight is 390 g/mol. The third kappa shape index (κ3) is 2.65. The number of halogens is 1. The summed E-state index contributed by atoms with van der Waals surface area (Å²) in [7, 11) is 0. The van der Waals surface area contributed by atoms with Crippen molar-refractivity contribution in [2.75, 3.05) is 5.73 Å². The Morgan fingerprint density at radius 3 is 2.58 bits per heavy atom. The monoisotopic (exact) mass is 389 g/mol. The summed E-state index contributed by atoms with van der Waals surface area (Å²) in [4.78, 5) is 36.0. The van der Waals surface area contributed by atoms with E-state index < -0.39 is 17.4 Å². The van der Waals surface area contributed by atoms with E-state index in [1.165, 1.54) is 4.57 Å². The number of nitrogens with one attached hydrogen (secondary N) is 1. The molecule has 1 aromatic carbocycles. The second-order valence-corrected chi connectivity index (χ2v) is 6.52. The number of pyridine rings is 1. The smallest absolute Gasteiger partial charge is 0.262 e. The van der Waals surface area contributed by atoms with E-state index in [9.17, 15) is 14.4 Å². The maximum Gasteiger partial charge on any atom is 0.262 e. The van der Waals surface area contributed by atoms with Crippen LogP contribution in [0, 0.1) is 0 Å². The van der Waals surface area contributed by atoms with Crippen LogP contribution in [-0.4, -0.2) is 16.4 Å². The predicted molar refractivity (Wildman–Crippen MR) is 94.6 cm³/mol. The number of hydrogen-bond acceptors (Lipinski definition) is 4. The van der Waals surface area contributed by atoms with Crippen molar-refractivity contribution >= 4 is 33.6 Å². The SMILES string of the molecule is CCCCc1ccc(-n2c(N)c3c(cc2=O)C(=O)NC3=O)c(Br)c1. The van der Waals surface area contributed by atoms with Crippen LogP contribution in [0.3, 0.4) is 0 Å². The fraction of sp³-hybridized carbons (Fsp3) is 0.235. The van der Waals surface area contributed by atoms with Crippen LogP contribution in [0.15, 0.2) is 33.5 Å². The number of benzene rings is 1. The lowest BCUT2D eigenvalue weighted by Crippen LogP contribution is -2.24. The van der Waals surface area contributed by atoms with E-state index in [-0.39, 0.29) is 16.9 Å². The fourth-order valence-corrected chi connectivity index (χ4v) is 3.40. The van der Waals surface area contributed by atoms with Crippen molar-refractivity contribution in [3.8, 4) is 5.69 Å². The Morgan fingerprint density at radius 2 is 1.92 bits per heavy atom. The van der Waals surface area contributed by atoms with Crippen molar-refractivity contribution in [2.24, 2.45) is 0 Å². The lowest BCUT2D eigenvalue weighted by Gasteiger charge is -2.14. The van der Waals surface area contributed by atoms with Gasteiger partial charge >= 0.3 is 0 Å². The normalized spacial score (nSPS) is 13.1. The Labute approximate surface area is 146 Å². The first-order chi connectivity index (χ1) is 11.4. The summed E-state index contributed by atoms with van der Waals surface area (Å²) in [5.74, 6) is -1.22. The molecule has 0 spiro atoms. The largest absolute Gasteiger partial charge is 0.384 e. The first-order valence-electron chi connectivity index (χ1n) is 7.64. The van der Waals surface area contributed by atoms with Crippen molar-refractivity contribution < 1.29 is 9.59 Å². The Kier molecular flexibility index (Phi) is 4.28. The maximum absolute atomic E-state index is 12.4. The van der Waals surface area contributed by atoms with Crippen LogP contribution in [0.25, 0.3) is 5.69 Å². The number of fused-ring (bicyclic) bond motifs is 1. The number of aryl methyl sites for hydroxylation is 1. The van der Waals surface area contributed by atoms with Crippen LogP contribution in [-0.2, 0) is 6.42 Å². The molecule has 1 aliphatic rings. The summed E-state index contributed by atoms with van der Waals surface area (Å²) >= 11 is 3.47. The number of nitrogens with two attached hydrogens (primary N) is 1. The summed E-state index contributed by atoms with van der Waals surface area (Å²) in [5, 5.41) is 2.15. The lowest BCUT2D eigenvalue weighted by atomic mass is 10.1. The zero-order valence-electron chi connectivity index (χ0n) is 13.1. The Hall–Kier alpha value is -2.41. The van der Waals surface area contributed by atoms with E-state index >= 15 is 0 Å². The quantitative estimate of drug-likeness (QED) is 0.784. The number of nitrogen functional groups attached to an aromatic ring is 1. The summed E-state index contributed by atoms with van der Waals surface area (Å²) < 4.78 is 1.94. The van der Waals surface area contributed by atoms with Gasteiger partial charge in [-0.2, -0.15) is 0 Å². The van der Waals surface area contributed by atoms with Gasteiger partial charge in [-0.15, -0.1) is 0 Å². The summed E-state index contributed by atoms with van der Waals surface area (Å²) in [6.07, 6.45) is 3.12. The molecule has 0 radical (unpaired) electrons. The molecular formula is C17H16BrN3O3. The molecule has 2 amide bonds.